The lowest BCUT2D eigenvalue weighted by Gasteiger charge is -2.14. The lowest BCUT2D eigenvalue weighted by Crippen LogP contribution is -2.27. The number of amides is 1. The first kappa shape index (κ1) is 24.4. The Labute approximate surface area is 224 Å². The fourth-order valence-electron chi connectivity index (χ4n) is 4.03. The van der Waals surface area contributed by atoms with E-state index in [0.29, 0.717) is 44.6 Å². The molecular formula is C29H22ClNO3S2. The maximum atomic E-state index is 13.1. The molecule has 1 amide bonds. The van der Waals surface area contributed by atoms with Gasteiger partial charge in [0, 0.05) is 5.02 Å². The highest BCUT2D eigenvalue weighted by Gasteiger charge is 2.33. The van der Waals surface area contributed by atoms with Crippen molar-refractivity contribution >= 4 is 68.3 Å². The topological polar surface area (TPSA) is 38.8 Å². The summed E-state index contributed by atoms with van der Waals surface area (Å²) in [5.41, 5.74) is 2.58. The molecule has 1 saturated heterocycles. The molecule has 0 spiro atoms. The van der Waals surface area contributed by atoms with Gasteiger partial charge in [0.2, 0.25) is 0 Å². The molecular weight excluding hydrogens is 510 g/mol. The predicted molar refractivity (Wildman–Crippen MR) is 153 cm³/mol. The molecule has 1 aliphatic heterocycles. The fourth-order valence-corrected chi connectivity index (χ4v) is 5.52. The number of nitrogens with zero attached hydrogens (tertiary/aromatic N) is 1. The molecule has 0 unspecified atom stereocenters. The van der Waals surface area contributed by atoms with E-state index in [2.05, 4.69) is 24.3 Å². The van der Waals surface area contributed by atoms with E-state index in [1.807, 2.05) is 55.5 Å². The first-order chi connectivity index (χ1) is 17.5. The molecule has 0 atom stereocenters. The number of thioether (sulfide) groups is 1. The summed E-state index contributed by atoms with van der Waals surface area (Å²) >= 11 is 12.9. The molecule has 0 N–H and O–H groups in total. The van der Waals surface area contributed by atoms with Crippen molar-refractivity contribution in [1.82, 2.24) is 0 Å². The van der Waals surface area contributed by atoms with Gasteiger partial charge in [-0.1, -0.05) is 90.2 Å². The second kappa shape index (κ2) is 10.7. The van der Waals surface area contributed by atoms with Crippen LogP contribution in [-0.2, 0) is 11.4 Å². The van der Waals surface area contributed by atoms with Crippen molar-refractivity contribution in [2.45, 2.75) is 13.5 Å². The minimum Gasteiger partial charge on any atom is -0.490 e. The van der Waals surface area contributed by atoms with Crippen LogP contribution in [-0.4, -0.2) is 16.8 Å². The minimum absolute atomic E-state index is 0.179. The summed E-state index contributed by atoms with van der Waals surface area (Å²) in [6.07, 6.45) is 1.82. The van der Waals surface area contributed by atoms with Crippen molar-refractivity contribution in [3.63, 3.8) is 0 Å². The van der Waals surface area contributed by atoms with Gasteiger partial charge in [-0.2, -0.15) is 0 Å². The van der Waals surface area contributed by atoms with Gasteiger partial charge in [0.25, 0.3) is 5.91 Å². The van der Waals surface area contributed by atoms with Gasteiger partial charge < -0.3 is 9.47 Å². The number of rotatable bonds is 7. The number of ether oxygens (including phenoxy) is 2. The van der Waals surface area contributed by atoms with Crippen LogP contribution in [0.3, 0.4) is 0 Å². The molecule has 7 heteroatoms. The first-order valence-corrected chi connectivity index (χ1v) is 13.0. The molecule has 4 aromatic carbocycles. The predicted octanol–water partition coefficient (Wildman–Crippen LogP) is 7.88. The monoisotopic (exact) mass is 531 g/mol. The molecule has 0 aromatic heterocycles. The SMILES string of the molecule is CCOc1cc(/C=C2\SC(=S)N(c3cccc(Cl)c3)C2=O)ccc1OCc1cccc2ccccc12. The van der Waals surface area contributed by atoms with Crippen molar-refractivity contribution < 1.29 is 14.3 Å². The van der Waals surface area contributed by atoms with E-state index in [0.717, 1.165) is 16.5 Å². The first-order valence-electron chi connectivity index (χ1n) is 11.4. The highest BCUT2D eigenvalue weighted by Crippen LogP contribution is 2.38. The second-order valence-corrected chi connectivity index (χ2v) is 10.2. The van der Waals surface area contributed by atoms with Crippen molar-refractivity contribution in [2.75, 3.05) is 11.5 Å². The molecule has 1 heterocycles. The number of hydrogen-bond acceptors (Lipinski definition) is 5. The third-order valence-corrected chi connectivity index (χ3v) is 7.23. The average molecular weight is 532 g/mol. The summed E-state index contributed by atoms with van der Waals surface area (Å²) < 4.78 is 12.5. The van der Waals surface area contributed by atoms with Gasteiger partial charge in [-0.15, -0.1) is 0 Å². The van der Waals surface area contributed by atoms with Crippen molar-refractivity contribution in [1.29, 1.82) is 0 Å². The van der Waals surface area contributed by atoms with Crippen LogP contribution < -0.4 is 14.4 Å². The highest BCUT2D eigenvalue weighted by molar-refractivity contribution is 8.27. The fraction of sp³-hybridized carbons (Fsp3) is 0.103. The highest BCUT2D eigenvalue weighted by atomic mass is 35.5. The lowest BCUT2D eigenvalue weighted by molar-refractivity contribution is -0.113. The molecule has 4 aromatic rings. The van der Waals surface area contributed by atoms with Gasteiger partial charge in [0.1, 0.15) is 6.61 Å². The Morgan fingerprint density at radius 2 is 1.75 bits per heavy atom. The zero-order valence-electron chi connectivity index (χ0n) is 19.4. The number of halogens is 1. The van der Waals surface area contributed by atoms with Gasteiger partial charge in [0.15, 0.2) is 15.8 Å². The summed E-state index contributed by atoms with van der Waals surface area (Å²) in [5.74, 6) is 1.09. The quantitative estimate of drug-likeness (QED) is 0.179. The smallest absolute Gasteiger partial charge is 0.270 e. The van der Waals surface area contributed by atoms with E-state index in [-0.39, 0.29) is 5.91 Å². The summed E-state index contributed by atoms with van der Waals surface area (Å²) in [6.45, 7) is 2.83. The lowest BCUT2D eigenvalue weighted by atomic mass is 10.1. The van der Waals surface area contributed by atoms with Crippen molar-refractivity contribution in [3.05, 3.63) is 106 Å². The normalized spacial score (nSPS) is 14.6. The molecule has 1 fully saturated rings. The third kappa shape index (κ3) is 5.12. The molecule has 1 aliphatic rings. The van der Waals surface area contributed by atoms with Crippen molar-refractivity contribution in [3.8, 4) is 11.5 Å². The van der Waals surface area contributed by atoms with Crippen LogP contribution in [0, 0.1) is 0 Å². The number of fused-ring (bicyclic) bond motifs is 1. The largest absolute Gasteiger partial charge is 0.490 e. The number of carbonyl (C=O) groups is 1. The molecule has 0 aliphatic carbocycles. The summed E-state index contributed by atoms with van der Waals surface area (Å²) in [4.78, 5) is 15.2. The van der Waals surface area contributed by atoms with Crippen LogP contribution in [0.5, 0.6) is 11.5 Å². The van der Waals surface area contributed by atoms with Crippen LogP contribution in [0.15, 0.2) is 89.8 Å². The molecule has 0 saturated carbocycles. The van der Waals surface area contributed by atoms with Gasteiger partial charge >= 0.3 is 0 Å². The number of thiocarbonyl (C=S) groups is 1. The Morgan fingerprint density at radius 3 is 2.58 bits per heavy atom. The number of benzene rings is 4. The molecule has 4 nitrogen and oxygen atoms in total. The average Bonchev–Trinajstić information content (AvgIpc) is 3.16. The Kier molecular flexibility index (Phi) is 7.28. The molecule has 36 heavy (non-hydrogen) atoms. The van der Waals surface area contributed by atoms with Crippen molar-refractivity contribution in [2.24, 2.45) is 0 Å². The van der Waals surface area contributed by atoms with E-state index in [1.54, 1.807) is 18.2 Å². The van der Waals surface area contributed by atoms with E-state index in [9.17, 15) is 4.79 Å². The maximum absolute atomic E-state index is 13.1. The molecule has 0 radical (unpaired) electrons. The number of anilines is 1. The Balaban J connectivity index is 1.38. The van der Waals surface area contributed by atoms with Gasteiger partial charge in [0.05, 0.1) is 17.2 Å². The standard InChI is InChI=1S/C29H22ClNO3S2/c1-2-33-26-15-19(16-27-28(32)31(29(35)36-27)23-11-6-10-22(30)17-23)13-14-25(26)34-18-21-9-5-8-20-7-3-4-12-24(20)21/h3-17H,2,18H2,1H3/b27-16-. The maximum Gasteiger partial charge on any atom is 0.270 e. The molecule has 5 rings (SSSR count). The third-order valence-electron chi connectivity index (χ3n) is 5.69. The molecule has 180 valence electrons. The Hall–Kier alpha value is -3.32. The zero-order chi connectivity index (χ0) is 25.1. The number of hydrogen-bond donors (Lipinski definition) is 0. The summed E-state index contributed by atoms with van der Waals surface area (Å²) in [7, 11) is 0. The van der Waals surface area contributed by atoms with E-state index in [1.165, 1.54) is 22.0 Å². The van der Waals surface area contributed by atoms with Gasteiger partial charge in [-0.25, -0.2) is 0 Å². The van der Waals surface area contributed by atoms with Crippen LogP contribution in [0.1, 0.15) is 18.1 Å². The minimum atomic E-state index is -0.179. The number of carbonyl (C=O) groups excluding carboxylic acids is 1. The zero-order valence-corrected chi connectivity index (χ0v) is 21.8. The summed E-state index contributed by atoms with van der Waals surface area (Å²) in [5, 5.41) is 2.89. The van der Waals surface area contributed by atoms with Crippen LogP contribution >= 0.6 is 35.6 Å². The van der Waals surface area contributed by atoms with E-state index >= 15 is 0 Å². The molecule has 0 bridgehead atoms. The Bertz CT molecular complexity index is 1500. The van der Waals surface area contributed by atoms with Crippen LogP contribution in [0.25, 0.3) is 16.8 Å². The van der Waals surface area contributed by atoms with Gasteiger partial charge in [-0.05, 0) is 65.2 Å². The van der Waals surface area contributed by atoms with E-state index in [4.69, 9.17) is 33.3 Å². The van der Waals surface area contributed by atoms with Crippen LogP contribution in [0.4, 0.5) is 5.69 Å². The summed E-state index contributed by atoms with van der Waals surface area (Å²) in [6, 6.07) is 27.2. The Morgan fingerprint density at radius 1 is 0.944 bits per heavy atom. The second-order valence-electron chi connectivity index (χ2n) is 8.06. The van der Waals surface area contributed by atoms with E-state index < -0.39 is 0 Å². The van der Waals surface area contributed by atoms with Gasteiger partial charge in [-0.3, -0.25) is 9.69 Å². The van der Waals surface area contributed by atoms with Crippen LogP contribution in [0.2, 0.25) is 5.02 Å².